The smallest absolute Gasteiger partial charge is 0.251 e. The van der Waals surface area contributed by atoms with Crippen LogP contribution in [-0.2, 0) is 4.74 Å². The van der Waals surface area contributed by atoms with Crippen LogP contribution in [0.1, 0.15) is 29.0 Å². The maximum atomic E-state index is 12.4. The first-order valence-electron chi connectivity index (χ1n) is 9.32. The second-order valence-electron chi connectivity index (χ2n) is 7.00. The van der Waals surface area contributed by atoms with E-state index in [1.165, 1.54) is 0 Å². The highest BCUT2D eigenvalue weighted by Crippen LogP contribution is 2.22. The molecule has 1 N–H and O–H groups in total. The number of hydrogen-bond donors (Lipinski definition) is 1. The average molecular weight is 356 g/mol. The van der Waals surface area contributed by atoms with Crippen molar-refractivity contribution < 1.29 is 13.9 Å². The zero-order chi connectivity index (χ0) is 18.4. The standard InChI is InChI=1S/C21H28N2O3/c1-16-4-9-20(26-16)18-5-7-19(8-6-18)21(24)22-14-17-10-12-23(15-17)11-3-13-25-2/h4-9,17H,3,10-15H2,1-2H3,(H,22,24)/t17-/m0/s1. The van der Waals surface area contributed by atoms with Crippen LogP contribution in [0.15, 0.2) is 40.8 Å². The first-order chi connectivity index (χ1) is 12.7. The molecule has 0 unspecified atom stereocenters. The van der Waals surface area contributed by atoms with Gasteiger partial charge in [0.2, 0.25) is 0 Å². The zero-order valence-electron chi connectivity index (χ0n) is 15.7. The molecule has 1 saturated heterocycles. The minimum Gasteiger partial charge on any atom is -0.461 e. The van der Waals surface area contributed by atoms with Gasteiger partial charge in [-0.05, 0) is 56.5 Å². The second kappa shape index (κ2) is 9.01. The van der Waals surface area contributed by atoms with Crippen LogP contribution in [0.4, 0.5) is 0 Å². The van der Waals surface area contributed by atoms with Crippen LogP contribution in [0.5, 0.6) is 0 Å². The van der Waals surface area contributed by atoms with Gasteiger partial charge in [0.15, 0.2) is 0 Å². The van der Waals surface area contributed by atoms with Crippen molar-refractivity contribution in [3.63, 3.8) is 0 Å². The highest BCUT2D eigenvalue weighted by Gasteiger charge is 2.22. The molecule has 5 nitrogen and oxygen atoms in total. The third-order valence-corrected chi connectivity index (χ3v) is 4.92. The van der Waals surface area contributed by atoms with Crippen LogP contribution in [0, 0.1) is 12.8 Å². The maximum absolute atomic E-state index is 12.4. The molecule has 1 amide bonds. The Labute approximate surface area is 155 Å². The van der Waals surface area contributed by atoms with Gasteiger partial charge in [0.05, 0.1) is 0 Å². The lowest BCUT2D eigenvalue weighted by atomic mass is 10.1. The van der Waals surface area contributed by atoms with E-state index >= 15 is 0 Å². The molecule has 2 heterocycles. The molecule has 26 heavy (non-hydrogen) atoms. The minimum atomic E-state index is -0.00925. The Balaban J connectivity index is 1.45. The monoisotopic (exact) mass is 356 g/mol. The quantitative estimate of drug-likeness (QED) is 0.737. The van der Waals surface area contributed by atoms with E-state index in [1.54, 1.807) is 7.11 Å². The van der Waals surface area contributed by atoms with Crippen molar-refractivity contribution >= 4 is 5.91 Å². The summed E-state index contributed by atoms with van der Waals surface area (Å²) >= 11 is 0. The van der Waals surface area contributed by atoms with Gasteiger partial charge in [-0.3, -0.25) is 4.79 Å². The van der Waals surface area contributed by atoms with Gasteiger partial charge in [-0.25, -0.2) is 0 Å². The van der Waals surface area contributed by atoms with Crippen LogP contribution in [-0.4, -0.2) is 50.7 Å². The Kier molecular flexibility index (Phi) is 6.47. The largest absolute Gasteiger partial charge is 0.461 e. The lowest BCUT2D eigenvalue weighted by molar-refractivity contribution is 0.0947. The predicted octanol–water partition coefficient (Wildman–Crippen LogP) is 3.34. The summed E-state index contributed by atoms with van der Waals surface area (Å²) in [5.74, 6) is 2.24. The molecule has 0 saturated carbocycles. The molecular weight excluding hydrogens is 328 g/mol. The third kappa shape index (κ3) is 4.96. The molecule has 0 radical (unpaired) electrons. The molecule has 0 spiro atoms. The number of amides is 1. The van der Waals surface area contributed by atoms with Crippen LogP contribution in [0.3, 0.4) is 0 Å². The molecule has 2 aromatic rings. The number of nitrogens with one attached hydrogen (secondary N) is 1. The first kappa shape index (κ1) is 18.7. The highest BCUT2D eigenvalue weighted by atomic mass is 16.5. The van der Waals surface area contributed by atoms with E-state index in [0.29, 0.717) is 11.5 Å². The molecule has 1 aromatic carbocycles. The highest BCUT2D eigenvalue weighted by molar-refractivity contribution is 5.94. The summed E-state index contributed by atoms with van der Waals surface area (Å²) < 4.78 is 10.7. The molecule has 5 heteroatoms. The summed E-state index contributed by atoms with van der Waals surface area (Å²) in [6.07, 6.45) is 2.21. The molecular formula is C21H28N2O3. The number of aryl methyl sites for hydroxylation is 1. The van der Waals surface area contributed by atoms with Gasteiger partial charge < -0.3 is 19.4 Å². The molecule has 1 fully saturated rings. The summed E-state index contributed by atoms with van der Waals surface area (Å²) in [5, 5.41) is 3.08. The Hall–Kier alpha value is -2.11. The van der Waals surface area contributed by atoms with Gasteiger partial charge in [-0.1, -0.05) is 12.1 Å². The lowest BCUT2D eigenvalue weighted by Gasteiger charge is -2.16. The van der Waals surface area contributed by atoms with Gasteiger partial charge in [-0.15, -0.1) is 0 Å². The van der Waals surface area contributed by atoms with Crippen molar-refractivity contribution in [2.24, 2.45) is 5.92 Å². The van der Waals surface area contributed by atoms with Crippen molar-refractivity contribution in [2.45, 2.75) is 19.8 Å². The molecule has 1 aliphatic rings. The summed E-state index contributed by atoms with van der Waals surface area (Å²) in [6, 6.07) is 11.5. The number of furan rings is 1. The molecule has 1 atom stereocenters. The summed E-state index contributed by atoms with van der Waals surface area (Å²) in [4.78, 5) is 14.8. The number of benzene rings is 1. The number of ether oxygens (including phenoxy) is 1. The number of likely N-dealkylation sites (tertiary alicyclic amines) is 1. The van der Waals surface area contributed by atoms with Crippen molar-refractivity contribution in [1.82, 2.24) is 10.2 Å². The Morgan fingerprint density at radius 2 is 2.08 bits per heavy atom. The topological polar surface area (TPSA) is 54.7 Å². The van der Waals surface area contributed by atoms with E-state index in [1.807, 2.05) is 43.3 Å². The van der Waals surface area contributed by atoms with Gasteiger partial charge >= 0.3 is 0 Å². The molecule has 1 aromatic heterocycles. The first-order valence-corrected chi connectivity index (χ1v) is 9.32. The van der Waals surface area contributed by atoms with Crippen LogP contribution in [0.2, 0.25) is 0 Å². The van der Waals surface area contributed by atoms with Crippen molar-refractivity contribution in [3.8, 4) is 11.3 Å². The average Bonchev–Trinajstić information content (AvgIpc) is 3.29. The van der Waals surface area contributed by atoms with E-state index in [4.69, 9.17) is 9.15 Å². The van der Waals surface area contributed by atoms with Gasteiger partial charge in [-0.2, -0.15) is 0 Å². The zero-order valence-corrected chi connectivity index (χ0v) is 15.7. The van der Waals surface area contributed by atoms with E-state index in [-0.39, 0.29) is 5.91 Å². The SMILES string of the molecule is COCCCN1CC[C@@H](CNC(=O)c2ccc(-c3ccc(C)o3)cc2)C1. The fourth-order valence-corrected chi connectivity index (χ4v) is 3.43. The number of hydrogen-bond acceptors (Lipinski definition) is 4. The number of carbonyl (C=O) groups is 1. The van der Waals surface area contributed by atoms with Gasteiger partial charge in [0.1, 0.15) is 11.5 Å². The number of rotatable bonds is 8. The van der Waals surface area contributed by atoms with Crippen molar-refractivity contribution in [2.75, 3.05) is 39.9 Å². The molecule has 3 rings (SSSR count). The molecule has 0 bridgehead atoms. The molecule has 0 aliphatic carbocycles. The predicted molar refractivity (Wildman–Crippen MR) is 102 cm³/mol. The number of methoxy groups -OCH3 is 1. The number of carbonyl (C=O) groups excluding carboxylic acids is 1. The van der Waals surface area contributed by atoms with Crippen molar-refractivity contribution in [3.05, 3.63) is 47.7 Å². The van der Waals surface area contributed by atoms with Gasteiger partial charge in [0.25, 0.3) is 5.91 Å². The molecule has 140 valence electrons. The second-order valence-corrected chi connectivity index (χ2v) is 7.00. The fraction of sp³-hybridized carbons (Fsp3) is 0.476. The maximum Gasteiger partial charge on any atom is 0.251 e. The minimum absolute atomic E-state index is 0.00925. The van der Waals surface area contributed by atoms with E-state index < -0.39 is 0 Å². The van der Waals surface area contributed by atoms with Crippen LogP contribution < -0.4 is 5.32 Å². The van der Waals surface area contributed by atoms with E-state index in [0.717, 1.165) is 62.7 Å². The van der Waals surface area contributed by atoms with Crippen LogP contribution in [0.25, 0.3) is 11.3 Å². The number of nitrogens with zero attached hydrogens (tertiary/aromatic N) is 1. The Morgan fingerprint density at radius 1 is 1.27 bits per heavy atom. The molecule has 1 aliphatic heterocycles. The lowest BCUT2D eigenvalue weighted by Crippen LogP contribution is -2.31. The summed E-state index contributed by atoms with van der Waals surface area (Å²) in [7, 11) is 1.74. The van der Waals surface area contributed by atoms with E-state index in [9.17, 15) is 4.79 Å². The Bertz CT molecular complexity index is 708. The third-order valence-electron chi connectivity index (χ3n) is 4.92. The fourth-order valence-electron chi connectivity index (χ4n) is 3.43. The van der Waals surface area contributed by atoms with Gasteiger partial charge in [0, 0.05) is 44.5 Å². The summed E-state index contributed by atoms with van der Waals surface area (Å²) in [5.41, 5.74) is 1.67. The Morgan fingerprint density at radius 3 is 2.77 bits per heavy atom. The normalized spacial score (nSPS) is 17.5. The van der Waals surface area contributed by atoms with Crippen LogP contribution >= 0.6 is 0 Å². The summed E-state index contributed by atoms with van der Waals surface area (Å²) in [6.45, 7) is 6.71. The van der Waals surface area contributed by atoms with E-state index in [2.05, 4.69) is 10.2 Å². The van der Waals surface area contributed by atoms with Crippen molar-refractivity contribution in [1.29, 1.82) is 0 Å².